The minimum atomic E-state index is -0.498. The number of hydrogen-bond acceptors (Lipinski definition) is 5. The molecule has 1 saturated heterocycles. The summed E-state index contributed by atoms with van der Waals surface area (Å²) in [7, 11) is 0. The summed E-state index contributed by atoms with van der Waals surface area (Å²) in [4.78, 5) is 34.8. The fraction of sp³-hybridized carbons (Fsp3) is 0.312. The van der Waals surface area contributed by atoms with Crippen LogP contribution in [0.3, 0.4) is 0 Å². The Morgan fingerprint density at radius 2 is 2.16 bits per heavy atom. The summed E-state index contributed by atoms with van der Waals surface area (Å²) in [6.45, 7) is 0. The van der Waals surface area contributed by atoms with Gasteiger partial charge in [0.2, 0.25) is 17.8 Å². The summed E-state index contributed by atoms with van der Waals surface area (Å²) in [5.41, 5.74) is 6.95. The zero-order valence-corrected chi connectivity index (χ0v) is 13.4. The number of benzene rings is 1. The van der Waals surface area contributed by atoms with Gasteiger partial charge in [-0.15, -0.1) is 5.10 Å². The average Bonchev–Trinajstić information content (AvgIpc) is 3.25. The molecule has 1 aliphatic rings. The van der Waals surface area contributed by atoms with Crippen molar-refractivity contribution < 1.29 is 9.59 Å². The zero-order chi connectivity index (χ0) is 17.4. The van der Waals surface area contributed by atoms with E-state index < -0.39 is 5.91 Å². The van der Waals surface area contributed by atoms with Crippen molar-refractivity contribution in [2.24, 2.45) is 5.73 Å². The highest BCUT2D eigenvalue weighted by Gasteiger charge is 2.25. The van der Waals surface area contributed by atoms with Crippen molar-refractivity contribution in [3.8, 4) is 5.95 Å². The molecule has 0 saturated carbocycles. The lowest BCUT2D eigenvalue weighted by Crippen LogP contribution is -2.28. The SMILES string of the molecule is NC(=O)Cc1nc(C[C@H]2CCC(=O)N2)n(-c2nc3ccccc3[nH]2)n1. The van der Waals surface area contributed by atoms with Crippen LogP contribution in [0.2, 0.25) is 0 Å². The molecule has 9 heteroatoms. The van der Waals surface area contributed by atoms with Gasteiger partial charge in [-0.2, -0.15) is 4.68 Å². The minimum Gasteiger partial charge on any atom is -0.369 e. The lowest BCUT2D eigenvalue weighted by molar-refractivity contribution is -0.119. The summed E-state index contributed by atoms with van der Waals surface area (Å²) in [6, 6.07) is 7.64. The quantitative estimate of drug-likeness (QED) is 0.602. The smallest absolute Gasteiger partial charge is 0.230 e. The summed E-state index contributed by atoms with van der Waals surface area (Å²) in [5.74, 6) is 1.03. The largest absolute Gasteiger partial charge is 0.369 e. The van der Waals surface area contributed by atoms with Gasteiger partial charge < -0.3 is 16.0 Å². The Hall–Kier alpha value is -3.23. The number of aromatic nitrogens is 5. The molecular formula is C16H17N7O2. The molecule has 1 atom stereocenters. The van der Waals surface area contributed by atoms with Crippen molar-refractivity contribution in [2.75, 3.05) is 0 Å². The maximum absolute atomic E-state index is 11.4. The van der Waals surface area contributed by atoms with Crippen LogP contribution in [0.25, 0.3) is 17.0 Å². The van der Waals surface area contributed by atoms with Gasteiger partial charge in [0, 0.05) is 18.9 Å². The summed E-state index contributed by atoms with van der Waals surface area (Å²) in [5, 5.41) is 7.29. The molecule has 3 aromatic rings. The first-order valence-corrected chi connectivity index (χ1v) is 8.06. The second-order valence-corrected chi connectivity index (χ2v) is 6.08. The molecule has 2 amide bonds. The molecule has 4 N–H and O–H groups in total. The fourth-order valence-electron chi connectivity index (χ4n) is 3.01. The van der Waals surface area contributed by atoms with Gasteiger partial charge in [-0.1, -0.05) is 12.1 Å². The fourth-order valence-corrected chi connectivity index (χ4v) is 3.01. The summed E-state index contributed by atoms with van der Waals surface area (Å²) < 4.78 is 1.59. The zero-order valence-electron chi connectivity index (χ0n) is 13.4. The van der Waals surface area contributed by atoms with Crippen LogP contribution in [-0.2, 0) is 22.4 Å². The van der Waals surface area contributed by atoms with E-state index in [1.807, 2.05) is 24.3 Å². The number of nitrogens with one attached hydrogen (secondary N) is 2. The van der Waals surface area contributed by atoms with E-state index in [4.69, 9.17) is 5.73 Å². The van der Waals surface area contributed by atoms with Gasteiger partial charge in [0.25, 0.3) is 0 Å². The van der Waals surface area contributed by atoms with Crippen molar-refractivity contribution in [1.82, 2.24) is 30.0 Å². The molecule has 0 aliphatic carbocycles. The van der Waals surface area contributed by atoms with E-state index in [9.17, 15) is 9.59 Å². The molecule has 0 radical (unpaired) electrons. The number of amides is 2. The highest BCUT2D eigenvalue weighted by molar-refractivity contribution is 5.78. The number of fused-ring (bicyclic) bond motifs is 1. The van der Waals surface area contributed by atoms with E-state index in [0.29, 0.717) is 30.4 Å². The van der Waals surface area contributed by atoms with E-state index in [-0.39, 0.29) is 18.4 Å². The highest BCUT2D eigenvalue weighted by Crippen LogP contribution is 2.17. The molecule has 1 aliphatic heterocycles. The van der Waals surface area contributed by atoms with E-state index in [2.05, 4.69) is 25.4 Å². The number of para-hydroxylation sites is 2. The number of carbonyl (C=O) groups excluding carboxylic acids is 2. The van der Waals surface area contributed by atoms with E-state index in [1.54, 1.807) is 4.68 Å². The van der Waals surface area contributed by atoms with Gasteiger partial charge in [0.15, 0.2) is 5.82 Å². The van der Waals surface area contributed by atoms with Gasteiger partial charge in [-0.25, -0.2) is 9.97 Å². The van der Waals surface area contributed by atoms with Gasteiger partial charge >= 0.3 is 0 Å². The summed E-state index contributed by atoms with van der Waals surface area (Å²) >= 11 is 0. The van der Waals surface area contributed by atoms with Crippen molar-refractivity contribution >= 4 is 22.8 Å². The topological polar surface area (TPSA) is 132 Å². The number of primary amides is 1. The van der Waals surface area contributed by atoms with Crippen LogP contribution in [0.4, 0.5) is 0 Å². The first-order chi connectivity index (χ1) is 12.1. The number of aromatic amines is 1. The lowest BCUT2D eigenvalue weighted by Gasteiger charge is -2.09. The Balaban J connectivity index is 1.72. The average molecular weight is 339 g/mol. The highest BCUT2D eigenvalue weighted by atomic mass is 16.2. The van der Waals surface area contributed by atoms with Crippen LogP contribution >= 0.6 is 0 Å². The van der Waals surface area contributed by atoms with Gasteiger partial charge in [0.05, 0.1) is 17.5 Å². The third kappa shape index (κ3) is 3.08. The van der Waals surface area contributed by atoms with Gasteiger partial charge in [-0.3, -0.25) is 9.59 Å². The molecular weight excluding hydrogens is 322 g/mol. The van der Waals surface area contributed by atoms with Crippen molar-refractivity contribution in [3.05, 3.63) is 35.9 Å². The Kier molecular flexibility index (Phi) is 3.68. The minimum absolute atomic E-state index is 0.00116. The molecule has 0 spiro atoms. The Labute approximate surface area is 142 Å². The maximum Gasteiger partial charge on any atom is 0.230 e. The van der Waals surface area contributed by atoms with Crippen LogP contribution in [-0.4, -0.2) is 42.6 Å². The standard InChI is InChI=1S/C16H17N7O2/c17-12(24)8-13-21-14(7-9-5-6-15(25)18-9)23(22-13)16-19-10-3-1-2-4-11(10)20-16/h1-4,9H,5-8H2,(H2,17,24)(H,18,25)(H,19,20)/t9-/m1/s1. The van der Waals surface area contributed by atoms with E-state index in [0.717, 1.165) is 17.5 Å². The van der Waals surface area contributed by atoms with Crippen molar-refractivity contribution in [3.63, 3.8) is 0 Å². The number of imidazole rings is 1. The predicted octanol–water partition coefficient (Wildman–Crippen LogP) is -0.00750. The molecule has 0 bridgehead atoms. The second kappa shape index (κ2) is 6.00. The first-order valence-electron chi connectivity index (χ1n) is 8.06. The molecule has 1 fully saturated rings. The van der Waals surface area contributed by atoms with E-state index in [1.165, 1.54) is 0 Å². The van der Waals surface area contributed by atoms with Crippen LogP contribution < -0.4 is 11.1 Å². The molecule has 128 valence electrons. The van der Waals surface area contributed by atoms with E-state index >= 15 is 0 Å². The maximum atomic E-state index is 11.4. The second-order valence-electron chi connectivity index (χ2n) is 6.08. The monoisotopic (exact) mass is 339 g/mol. The predicted molar refractivity (Wildman–Crippen MR) is 88.8 cm³/mol. The summed E-state index contributed by atoms with van der Waals surface area (Å²) in [6.07, 6.45) is 1.72. The lowest BCUT2D eigenvalue weighted by atomic mass is 10.1. The normalized spacial score (nSPS) is 17.1. The number of carbonyl (C=O) groups is 2. The van der Waals surface area contributed by atoms with Gasteiger partial charge in [-0.05, 0) is 18.6 Å². The number of H-pyrrole nitrogens is 1. The molecule has 25 heavy (non-hydrogen) atoms. The molecule has 3 heterocycles. The molecule has 2 aromatic heterocycles. The van der Waals surface area contributed by atoms with Crippen LogP contribution in [0, 0.1) is 0 Å². The molecule has 4 rings (SSSR count). The molecule has 1 aromatic carbocycles. The Morgan fingerprint density at radius 3 is 2.88 bits per heavy atom. The number of hydrogen-bond donors (Lipinski definition) is 3. The molecule has 9 nitrogen and oxygen atoms in total. The number of nitrogens with zero attached hydrogens (tertiary/aromatic N) is 4. The Morgan fingerprint density at radius 1 is 1.32 bits per heavy atom. The number of rotatable bonds is 5. The van der Waals surface area contributed by atoms with Crippen LogP contribution in [0.15, 0.2) is 24.3 Å². The molecule has 0 unspecified atom stereocenters. The van der Waals surface area contributed by atoms with Crippen LogP contribution in [0.1, 0.15) is 24.5 Å². The van der Waals surface area contributed by atoms with Crippen molar-refractivity contribution in [2.45, 2.75) is 31.7 Å². The van der Waals surface area contributed by atoms with Gasteiger partial charge in [0.1, 0.15) is 5.82 Å². The first kappa shape index (κ1) is 15.3. The third-order valence-electron chi connectivity index (χ3n) is 4.14. The van der Waals surface area contributed by atoms with Crippen LogP contribution in [0.5, 0.6) is 0 Å². The number of nitrogens with two attached hydrogens (primary N) is 1. The van der Waals surface area contributed by atoms with Crippen molar-refractivity contribution in [1.29, 1.82) is 0 Å². The third-order valence-corrected chi connectivity index (χ3v) is 4.14. The Bertz CT molecular complexity index is 925.